The van der Waals surface area contributed by atoms with Crippen molar-refractivity contribution in [3.8, 4) is 0 Å². The van der Waals surface area contributed by atoms with E-state index in [0.717, 1.165) is 7.11 Å². The Morgan fingerprint density at radius 2 is 1.71 bits per heavy atom. The molecule has 4 nitrogen and oxygen atoms in total. The first kappa shape index (κ1) is 10.2. The molecule has 0 aliphatic carbocycles. The van der Waals surface area contributed by atoms with Gasteiger partial charge < -0.3 is 0 Å². The molecule has 0 saturated carbocycles. The van der Waals surface area contributed by atoms with Crippen LogP contribution in [0.2, 0.25) is 0 Å². The number of halogens is 1. The lowest BCUT2D eigenvalue weighted by Crippen LogP contribution is -1.96. The van der Waals surface area contributed by atoms with Crippen LogP contribution in [0.15, 0.2) is 0 Å². The molecule has 0 aromatic heterocycles. The molecule has 0 aromatic rings. The van der Waals surface area contributed by atoms with Crippen LogP contribution in [0, 0.1) is 0 Å². The molecule has 0 radical (unpaired) electrons. The maximum atomic E-state index is 9.33. The minimum absolute atomic E-state index is 0. The fourth-order valence-corrected chi connectivity index (χ4v) is 0. The predicted octanol–water partition coefficient (Wildman–Crippen LogP) is -0.143. The van der Waals surface area contributed by atoms with Gasteiger partial charge in [0.15, 0.2) is 0 Å². The highest BCUT2D eigenvalue weighted by Crippen LogP contribution is 1.74. The van der Waals surface area contributed by atoms with Gasteiger partial charge in [0.2, 0.25) is 0 Å². The molecule has 0 aliphatic heterocycles. The van der Waals surface area contributed by atoms with Gasteiger partial charge >= 0.3 is 10.4 Å². The van der Waals surface area contributed by atoms with Gasteiger partial charge in [0, 0.05) is 0 Å². The predicted molar refractivity (Wildman–Crippen MR) is 25.8 cm³/mol. The average Bonchev–Trinajstić information content (AvgIpc) is 1.35. The van der Waals surface area contributed by atoms with E-state index >= 15 is 0 Å². The van der Waals surface area contributed by atoms with E-state index in [4.69, 9.17) is 4.55 Å². The maximum Gasteiger partial charge on any atom is 0.397 e. The molecule has 6 heteroatoms. The normalized spacial score (nSPS) is 10.0. The van der Waals surface area contributed by atoms with Gasteiger partial charge in [0.05, 0.1) is 7.11 Å². The smallest absolute Gasteiger partial charge is 0.264 e. The van der Waals surface area contributed by atoms with Gasteiger partial charge in [-0.1, -0.05) is 0 Å². The lowest BCUT2D eigenvalue weighted by atomic mass is 11.8. The summed E-state index contributed by atoms with van der Waals surface area (Å²) in [6, 6.07) is 0. The molecule has 0 atom stereocenters. The molecule has 7 heavy (non-hydrogen) atoms. The molecule has 0 amide bonds. The Balaban J connectivity index is 0. The zero-order chi connectivity index (χ0) is 5.21. The third kappa shape index (κ3) is 10.7. The Kier molecular flexibility index (Phi) is 4.66. The molecule has 0 fully saturated rings. The van der Waals surface area contributed by atoms with Gasteiger partial charge in [-0.25, -0.2) is 0 Å². The molecule has 0 unspecified atom stereocenters. The van der Waals surface area contributed by atoms with Crippen LogP contribution >= 0.6 is 12.4 Å². The lowest BCUT2D eigenvalue weighted by Gasteiger charge is -1.82. The van der Waals surface area contributed by atoms with E-state index in [2.05, 4.69) is 4.18 Å². The van der Waals surface area contributed by atoms with Crippen molar-refractivity contribution in [2.75, 3.05) is 7.11 Å². The second-order valence-electron chi connectivity index (χ2n) is 0.594. The molecule has 0 aromatic carbocycles. The molecule has 0 spiro atoms. The number of rotatable bonds is 1. The van der Waals surface area contributed by atoms with E-state index in [1.54, 1.807) is 0 Å². The van der Waals surface area contributed by atoms with Gasteiger partial charge in [-0.2, -0.15) is 8.42 Å². The summed E-state index contributed by atoms with van der Waals surface area (Å²) in [6.45, 7) is 0. The van der Waals surface area contributed by atoms with Gasteiger partial charge in [0.25, 0.3) is 0 Å². The maximum absolute atomic E-state index is 9.33. The Hall–Kier alpha value is 0.160. The highest BCUT2D eigenvalue weighted by Gasteiger charge is 1.93. The molecule has 0 saturated heterocycles. The molecule has 0 rings (SSSR count). The monoisotopic (exact) mass is 148 g/mol. The fraction of sp³-hybridized carbons (Fsp3) is 1.00. The zero-order valence-corrected chi connectivity index (χ0v) is 5.12. The molecule has 46 valence electrons. The molecule has 0 aliphatic rings. The average molecular weight is 149 g/mol. The van der Waals surface area contributed by atoms with Crippen LogP contribution in [-0.2, 0) is 14.6 Å². The van der Waals surface area contributed by atoms with Gasteiger partial charge in [-0.15, -0.1) is 12.4 Å². The minimum atomic E-state index is -4.16. The molecule has 0 bridgehead atoms. The lowest BCUT2D eigenvalue weighted by molar-refractivity contribution is 0.324. The minimum Gasteiger partial charge on any atom is -0.264 e. The van der Waals surface area contributed by atoms with E-state index in [1.165, 1.54) is 0 Å². The highest BCUT2D eigenvalue weighted by molar-refractivity contribution is 7.80. The van der Waals surface area contributed by atoms with Crippen molar-refractivity contribution in [3.05, 3.63) is 0 Å². The van der Waals surface area contributed by atoms with Gasteiger partial charge in [-0.3, -0.25) is 8.74 Å². The quantitative estimate of drug-likeness (QED) is 0.526. The summed E-state index contributed by atoms with van der Waals surface area (Å²) in [4.78, 5) is 0. The second-order valence-corrected chi connectivity index (χ2v) is 1.78. The van der Waals surface area contributed by atoms with Crippen molar-refractivity contribution < 1.29 is 17.2 Å². The van der Waals surface area contributed by atoms with Crippen molar-refractivity contribution >= 4 is 22.8 Å². The largest absolute Gasteiger partial charge is 0.397 e. The van der Waals surface area contributed by atoms with Crippen molar-refractivity contribution in [3.63, 3.8) is 0 Å². The Bertz CT molecular complexity index is 114. The first-order valence-electron chi connectivity index (χ1n) is 1.09. The third-order valence-electron chi connectivity index (χ3n) is 0.211. The summed E-state index contributed by atoms with van der Waals surface area (Å²) in [5.74, 6) is 0. The Morgan fingerprint density at radius 1 is 1.57 bits per heavy atom. The summed E-state index contributed by atoms with van der Waals surface area (Å²) < 4.78 is 29.7. The first-order chi connectivity index (χ1) is 2.56. The molecule has 1 N–H and O–H groups in total. The third-order valence-corrected chi connectivity index (χ3v) is 0.632. The summed E-state index contributed by atoms with van der Waals surface area (Å²) in [6.07, 6.45) is 0. The van der Waals surface area contributed by atoms with Crippen LogP contribution in [0.5, 0.6) is 0 Å². The van der Waals surface area contributed by atoms with Crippen LogP contribution in [0.4, 0.5) is 0 Å². The number of hydrogen-bond acceptors (Lipinski definition) is 3. The Morgan fingerprint density at radius 3 is 1.71 bits per heavy atom. The van der Waals surface area contributed by atoms with Crippen molar-refractivity contribution in [2.24, 2.45) is 0 Å². The van der Waals surface area contributed by atoms with E-state index in [0.29, 0.717) is 0 Å². The van der Waals surface area contributed by atoms with E-state index in [9.17, 15) is 8.42 Å². The SMILES string of the molecule is COS(=O)(=O)O.Cl. The van der Waals surface area contributed by atoms with Crippen LogP contribution in [0.1, 0.15) is 0 Å². The van der Waals surface area contributed by atoms with Crippen LogP contribution in [0.25, 0.3) is 0 Å². The topological polar surface area (TPSA) is 63.6 Å². The van der Waals surface area contributed by atoms with E-state index in [1.807, 2.05) is 0 Å². The first-order valence-corrected chi connectivity index (χ1v) is 2.46. The van der Waals surface area contributed by atoms with Crippen molar-refractivity contribution in [1.29, 1.82) is 0 Å². The van der Waals surface area contributed by atoms with Crippen molar-refractivity contribution in [1.82, 2.24) is 0 Å². The van der Waals surface area contributed by atoms with E-state index in [-0.39, 0.29) is 12.4 Å². The van der Waals surface area contributed by atoms with Gasteiger partial charge in [0.1, 0.15) is 0 Å². The zero-order valence-electron chi connectivity index (χ0n) is 3.49. The summed E-state index contributed by atoms with van der Waals surface area (Å²) in [5, 5.41) is 0. The number of hydrogen-bond donors (Lipinski definition) is 1. The van der Waals surface area contributed by atoms with Gasteiger partial charge in [-0.05, 0) is 0 Å². The van der Waals surface area contributed by atoms with Crippen molar-refractivity contribution in [2.45, 2.75) is 0 Å². The molecular formula is CH5ClO4S. The van der Waals surface area contributed by atoms with Crippen LogP contribution < -0.4 is 0 Å². The molecule has 0 heterocycles. The highest BCUT2D eigenvalue weighted by atomic mass is 35.5. The summed E-state index contributed by atoms with van der Waals surface area (Å²) in [5.41, 5.74) is 0. The van der Waals surface area contributed by atoms with Crippen LogP contribution in [0.3, 0.4) is 0 Å². The summed E-state index contributed by atoms with van der Waals surface area (Å²) in [7, 11) is -3.29. The second kappa shape index (κ2) is 3.20. The van der Waals surface area contributed by atoms with E-state index < -0.39 is 10.4 Å². The summed E-state index contributed by atoms with van der Waals surface area (Å²) >= 11 is 0. The molecular weight excluding hydrogens is 144 g/mol. The standard InChI is InChI=1S/CH4O4S.ClH/c1-5-6(2,3)4;/h1H3,(H,2,3,4);1H. The Labute approximate surface area is 47.8 Å². The fourth-order valence-electron chi connectivity index (χ4n) is 0. The van der Waals surface area contributed by atoms with Crippen LogP contribution in [-0.4, -0.2) is 20.1 Å².